The van der Waals surface area contributed by atoms with Crippen molar-refractivity contribution in [3.63, 3.8) is 0 Å². The van der Waals surface area contributed by atoms with Crippen LogP contribution in [-0.4, -0.2) is 11.5 Å². The average Bonchev–Trinajstić information content (AvgIpc) is 2.56. The van der Waals surface area contributed by atoms with Gasteiger partial charge in [0.05, 0.1) is 5.56 Å². The SMILES string of the molecule is CC1(N)C=CC(c2ccc(OC(=O)c3ccc(N)cc3)cc2)=CC1. The van der Waals surface area contributed by atoms with Gasteiger partial charge < -0.3 is 16.2 Å². The third-order valence-electron chi connectivity index (χ3n) is 3.95. The lowest BCUT2D eigenvalue weighted by Gasteiger charge is -2.22. The predicted octanol–water partition coefficient (Wildman–Crippen LogP) is 3.55. The predicted molar refractivity (Wildman–Crippen MR) is 96.6 cm³/mol. The van der Waals surface area contributed by atoms with Crippen molar-refractivity contribution in [3.8, 4) is 5.75 Å². The number of allylic oxidation sites excluding steroid dienone is 2. The number of ether oxygens (including phenoxy) is 1. The second-order valence-corrected chi connectivity index (χ2v) is 6.24. The largest absolute Gasteiger partial charge is 0.423 e. The molecule has 2 aromatic carbocycles. The van der Waals surface area contributed by atoms with Crippen LogP contribution in [0.2, 0.25) is 0 Å². The molecule has 0 spiro atoms. The van der Waals surface area contributed by atoms with Gasteiger partial charge in [-0.1, -0.05) is 30.4 Å². The molecule has 0 heterocycles. The molecule has 0 amide bonds. The second-order valence-electron chi connectivity index (χ2n) is 6.24. The van der Waals surface area contributed by atoms with Crippen molar-refractivity contribution in [3.05, 3.63) is 77.9 Å². The molecule has 2 aromatic rings. The summed E-state index contributed by atoms with van der Waals surface area (Å²) in [6.07, 6.45) is 6.96. The number of hydrogen-bond donors (Lipinski definition) is 2. The van der Waals surface area contributed by atoms with E-state index in [0.717, 1.165) is 17.6 Å². The Balaban J connectivity index is 1.69. The van der Waals surface area contributed by atoms with Crippen LogP contribution in [-0.2, 0) is 0 Å². The number of benzene rings is 2. The molecule has 0 saturated carbocycles. The van der Waals surface area contributed by atoms with E-state index in [1.54, 1.807) is 36.4 Å². The molecule has 4 nitrogen and oxygen atoms in total. The minimum Gasteiger partial charge on any atom is -0.423 e. The summed E-state index contributed by atoms with van der Waals surface area (Å²) in [6.45, 7) is 2.00. The molecule has 1 aliphatic carbocycles. The summed E-state index contributed by atoms with van der Waals surface area (Å²) in [6, 6.07) is 14.1. The van der Waals surface area contributed by atoms with Crippen molar-refractivity contribution < 1.29 is 9.53 Å². The van der Waals surface area contributed by atoms with E-state index in [2.05, 4.69) is 6.08 Å². The maximum atomic E-state index is 12.1. The number of carbonyl (C=O) groups is 1. The molecule has 4 heteroatoms. The Morgan fingerprint density at radius 1 is 1.08 bits per heavy atom. The van der Waals surface area contributed by atoms with Crippen LogP contribution in [0.15, 0.2) is 66.8 Å². The number of esters is 1. The fourth-order valence-electron chi connectivity index (χ4n) is 2.46. The van der Waals surface area contributed by atoms with E-state index < -0.39 is 5.97 Å². The van der Waals surface area contributed by atoms with E-state index in [4.69, 9.17) is 16.2 Å². The fourth-order valence-corrected chi connectivity index (χ4v) is 2.46. The maximum absolute atomic E-state index is 12.1. The van der Waals surface area contributed by atoms with E-state index >= 15 is 0 Å². The van der Waals surface area contributed by atoms with Gasteiger partial charge in [0.1, 0.15) is 5.75 Å². The van der Waals surface area contributed by atoms with Crippen LogP contribution in [0.5, 0.6) is 5.75 Å². The summed E-state index contributed by atoms with van der Waals surface area (Å²) in [7, 11) is 0. The van der Waals surface area contributed by atoms with Gasteiger partial charge in [0.15, 0.2) is 0 Å². The third-order valence-corrected chi connectivity index (χ3v) is 3.95. The maximum Gasteiger partial charge on any atom is 0.343 e. The molecule has 0 aliphatic heterocycles. The first kappa shape index (κ1) is 16.0. The van der Waals surface area contributed by atoms with Crippen LogP contribution in [0.25, 0.3) is 5.57 Å². The summed E-state index contributed by atoms with van der Waals surface area (Å²) in [5.41, 5.74) is 14.7. The zero-order valence-electron chi connectivity index (χ0n) is 13.5. The van der Waals surface area contributed by atoms with E-state index in [1.807, 2.05) is 31.2 Å². The number of anilines is 1. The minimum absolute atomic E-state index is 0.280. The smallest absolute Gasteiger partial charge is 0.343 e. The van der Waals surface area contributed by atoms with Gasteiger partial charge in [-0.05, 0) is 60.9 Å². The molecule has 1 unspecified atom stereocenters. The molecule has 24 heavy (non-hydrogen) atoms. The molecule has 1 aliphatic rings. The van der Waals surface area contributed by atoms with Crippen molar-refractivity contribution in [2.24, 2.45) is 5.73 Å². The van der Waals surface area contributed by atoms with Gasteiger partial charge in [0.25, 0.3) is 0 Å². The van der Waals surface area contributed by atoms with Crippen LogP contribution in [0.1, 0.15) is 29.3 Å². The molecular formula is C20H20N2O2. The highest BCUT2D eigenvalue weighted by atomic mass is 16.5. The topological polar surface area (TPSA) is 78.3 Å². The van der Waals surface area contributed by atoms with Gasteiger partial charge in [-0.3, -0.25) is 0 Å². The van der Waals surface area contributed by atoms with Crippen LogP contribution >= 0.6 is 0 Å². The molecule has 0 bridgehead atoms. The van der Waals surface area contributed by atoms with Crippen molar-refractivity contribution >= 4 is 17.2 Å². The normalized spacial score (nSPS) is 19.7. The van der Waals surface area contributed by atoms with E-state index in [1.165, 1.54) is 0 Å². The fraction of sp³-hybridized carbons (Fsp3) is 0.150. The molecule has 0 fully saturated rings. The standard InChI is InChI=1S/C20H20N2O2/c1-20(22)12-10-15(11-13-20)14-4-8-18(9-5-14)24-19(23)16-2-6-17(21)7-3-16/h2-12H,13,21-22H2,1H3. The zero-order valence-corrected chi connectivity index (χ0v) is 13.5. The van der Waals surface area contributed by atoms with Crippen molar-refractivity contribution in [1.82, 2.24) is 0 Å². The van der Waals surface area contributed by atoms with Crippen LogP contribution in [0, 0.1) is 0 Å². The third kappa shape index (κ3) is 3.73. The first-order valence-corrected chi connectivity index (χ1v) is 7.79. The van der Waals surface area contributed by atoms with Gasteiger partial charge in [-0.15, -0.1) is 0 Å². The van der Waals surface area contributed by atoms with E-state index in [9.17, 15) is 4.79 Å². The first-order valence-electron chi connectivity index (χ1n) is 7.79. The number of rotatable bonds is 3. The summed E-state index contributed by atoms with van der Waals surface area (Å²) < 4.78 is 5.38. The molecule has 0 saturated heterocycles. The summed E-state index contributed by atoms with van der Waals surface area (Å²) >= 11 is 0. The Morgan fingerprint density at radius 3 is 2.33 bits per heavy atom. The highest BCUT2D eigenvalue weighted by molar-refractivity contribution is 5.91. The lowest BCUT2D eigenvalue weighted by Crippen LogP contribution is -2.33. The first-order chi connectivity index (χ1) is 11.4. The number of nitrogens with two attached hydrogens (primary N) is 2. The highest BCUT2D eigenvalue weighted by Crippen LogP contribution is 2.26. The minimum atomic E-state index is -0.404. The Labute approximate surface area is 141 Å². The van der Waals surface area contributed by atoms with Gasteiger partial charge in [-0.25, -0.2) is 4.79 Å². The zero-order chi connectivity index (χ0) is 17.2. The average molecular weight is 320 g/mol. The second kappa shape index (κ2) is 6.34. The molecule has 0 radical (unpaired) electrons. The molecule has 0 aromatic heterocycles. The number of carbonyl (C=O) groups excluding carboxylic acids is 1. The Morgan fingerprint density at radius 2 is 1.75 bits per heavy atom. The Hall–Kier alpha value is -2.85. The van der Waals surface area contributed by atoms with Gasteiger partial charge >= 0.3 is 5.97 Å². The van der Waals surface area contributed by atoms with Crippen LogP contribution in [0.3, 0.4) is 0 Å². The van der Waals surface area contributed by atoms with Gasteiger partial charge in [0.2, 0.25) is 0 Å². The molecule has 1 atom stereocenters. The van der Waals surface area contributed by atoms with E-state index in [-0.39, 0.29) is 5.54 Å². The van der Waals surface area contributed by atoms with Gasteiger partial charge in [0, 0.05) is 11.2 Å². The Bertz CT molecular complexity index is 801. The lowest BCUT2D eigenvalue weighted by molar-refractivity contribution is 0.0735. The van der Waals surface area contributed by atoms with Crippen molar-refractivity contribution in [2.45, 2.75) is 18.9 Å². The van der Waals surface area contributed by atoms with Crippen molar-refractivity contribution in [2.75, 3.05) is 5.73 Å². The van der Waals surface area contributed by atoms with E-state index in [0.29, 0.717) is 17.0 Å². The van der Waals surface area contributed by atoms with Crippen LogP contribution in [0.4, 0.5) is 5.69 Å². The molecule has 3 rings (SSSR count). The lowest BCUT2D eigenvalue weighted by atomic mass is 9.89. The van der Waals surface area contributed by atoms with Gasteiger partial charge in [-0.2, -0.15) is 0 Å². The summed E-state index contributed by atoms with van der Waals surface area (Å²) in [4.78, 5) is 12.1. The molecule has 122 valence electrons. The Kier molecular flexibility index (Phi) is 4.23. The molecule has 4 N–H and O–H groups in total. The summed E-state index contributed by atoms with van der Waals surface area (Å²) in [5, 5.41) is 0. The number of hydrogen-bond acceptors (Lipinski definition) is 4. The van der Waals surface area contributed by atoms with Crippen LogP contribution < -0.4 is 16.2 Å². The number of nitrogen functional groups attached to an aromatic ring is 1. The molecular weight excluding hydrogens is 300 g/mol. The summed E-state index contributed by atoms with van der Waals surface area (Å²) in [5.74, 6) is 0.100. The monoisotopic (exact) mass is 320 g/mol. The quantitative estimate of drug-likeness (QED) is 0.515. The highest BCUT2D eigenvalue weighted by Gasteiger charge is 2.17. The van der Waals surface area contributed by atoms with Crippen molar-refractivity contribution in [1.29, 1.82) is 0 Å².